The molecule has 3 aromatic rings. The van der Waals surface area contributed by atoms with Crippen LogP contribution in [0.3, 0.4) is 0 Å². The van der Waals surface area contributed by atoms with Crippen molar-refractivity contribution in [2.45, 2.75) is 26.8 Å². The molecule has 3 rings (SSSR count). The third-order valence-corrected chi connectivity index (χ3v) is 5.52. The highest BCUT2D eigenvalue weighted by Crippen LogP contribution is 2.33. The van der Waals surface area contributed by atoms with Crippen molar-refractivity contribution in [3.63, 3.8) is 0 Å². The number of methoxy groups -OCH3 is 2. The van der Waals surface area contributed by atoms with Crippen molar-refractivity contribution in [3.05, 3.63) is 52.3 Å². The number of rotatable bonds is 7. The second-order valence-corrected chi connectivity index (χ2v) is 7.63. The third-order valence-electron chi connectivity index (χ3n) is 4.48. The van der Waals surface area contributed by atoms with Crippen molar-refractivity contribution in [1.29, 1.82) is 0 Å². The molecule has 2 aromatic carbocycles. The monoisotopic (exact) mass is 428 g/mol. The van der Waals surface area contributed by atoms with Crippen LogP contribution in [0.15, 0.2) is 41.4 Å². The summed E-state index contributed by atoms with van der Waals surface area (Å²) in [5.74, 6) is 0.395. The van der Waals surface area contributed by atoms with Crippen LogP contribution in [0.2, 0.25) is 0 Å². The molecular weight excluding hydrogens is 404 g/mol. The fourth-order valence-corrected chi connectivity index (χ4v) is 4.05. The van der Waals surface area contributed by atoms with Gasteiger partial charge in [-0.3, -0.25) is 9.59 Å². The van der Waals surface area contributed by atoms with Gasteiger partial charge < -0.3 is 18.8 Å². The Morgan fingerprint density at radius 2 is 1.73 bits per heavy atom. The number of fused-ring (bicyclic) bond motifs is 1. The average molecular weight is 429 g/mol. The zero-order valence-corrected chi connectivity index (χ0v) is 18.2. The van der Waals surface area contributed by atoms with Crippen LogP contribution in [0.1, 0.15) is 18.1 Å². The number of carbonyl (C=O) groups is 2. The van der Waals surface area contributed by atoms with Crippen LogP contribution in [-0.2, 0) is 27.3 Å². The van der Waals surface area contributed by atoms with E-state index in [-0.39, 0.29) is 25.5 Å². The predicted octanol–water partition coefficient (Wildman–Crippen LogP) is 3.26. The van der Waals surface area contributed by atoms with Gasteiger partial charge in [-0.1, -0.05) is 41.2 Å². The van der Waals surface area contributed by atoms with Crippen LogP contribution in [0, 0.1) is 6.92 Å². The molecule has 0 aliphatic carbocycles. The van der Waals surface area contributed by atoms with Gasteiger partial charge in [0.05, 0.1) is 37.5 Å². The van der Waals surface area contributed by atoms with Crippen LogP contribution in [0.25, 0.3) is 10.2 Å². The molecule has 0 unspecified atom stereocenters. The zero-order chi connectivity index (χ0) is 21.7. The van der Waals surface area contributed by atoms with E-state index >= 15 is 0 Å². The molecule has 0 atom stereocenters. The topological polar surface area (TPSA) is 79.1 Å². The first-order valence-electron chi connectivity index (χ1n) is 9.49. The fourth-order valence-electron chi connectivity index (χ4n) is 3.00. The molecule has 0 bridgehead atoms. The van der Waals surface area contributed by atoms with Crippen molar-refractivity contribution < 1.29 is 23.8 Å². The van der Waals surface area contributed by atoms with Gasteiger partial charge in [-0.05, 0) is 19.4 Å². The number of carbonyl (C=O) groups excluding carboxylic acids is 2. The maximum Gasteiger partial charge on any atom is 0.326 e. The number of benzene rings is 2. The predicted molar refractivity (Wildman–Crippen MR) is 115 cm³/mol. The molecule has 1 heterocycles. The molecule has 7 nitrogen and oxygen atoms in total. The molecule has 0 fully saturated rings. The van der Waals surface area contributed by atoms with Crippen molar-refractivity contribution >= 4 is 33.4 Å². The van der Waals surface area contributed by atoms with Crippen LogP contribution in [0.5, 0.6) is 11.5 Å². The minimum absolute atomic E-state index is 0.0556. The molecule has 0 aliphatic heterocycles. The first kappa shape index (κ1) is 21.6. The Hall–Kier alpha value is -3.13. The summed E-state index contributed by atoms with van der Waals surface area (Å²) in [4.78, 5) is 29.5. The van der Waals surface area contributed by atoms with Crippen molar-refractivity contribution in [2.75, 3.05) is 20.8 Å². The second kappa shape index (κ2) is 9.58. The molecule has 0 spiro atoms. The second-order valence-electron chi connectivity index (χ2n) is 6.62. The van der Waals surface area contributed by atoms with Gasteiger partial charge in [0.2, 0.25) is 0 Å². The Morgan fingerprint density at radius 3 is 2.37 bits per heavy atom. The summed E-state index contributed by atoms with van der Waals surface area (Å²) in [6.45, 7) is 3.96. The quantitative estimate of drug-likeness (QED) is 0.540. The fraction of sp³-hybridized carbons (Fsp3) is 0.318. The summed E-state index contributed by atoms with van der Waals surface area (Å²) in [5, 5.41) is 0. The molecule has 0 saturated carbocycles. The Labute approximate surface area is 178 Å². The summed E-state index contributed by atoms with van der Waals surface area (Å²) in [7, 11) is 3.10. The first-order chi connectivity index (χ1) is 14.4. The first-order valence-corrected chi connectivity index (χ1v) is 10.3. The van der Waals surface area contributed by atoms with Gasteiger partial charge in [0.15, 0.2) is 16.3 Å². The third kappa shape index (κ3) is 4.88. The van der Waals surface area contributed by atoms with E-state index in [1.54, 1.807) is 31.8 Å². The molecule has 0 aliphatic rings. The molecule has 8 heteroatoms. The van der Waals surface area contributed by atoms with E-state index in [2.05, 4.69) is 4.99 Å². The van der Waals surface area contributed by atoms with Gasteiger partial charge in [-0.2, -0.15) is 4.99 Å². The summed E-state index contributed by atoms with van der Waals surface area (Å²) < 4.78 is 18.3. The van der Waals surface area contributed by atoms with Gasteiger partial charge >= 0.3 is 5.97 Å². The normalized spacial score (nSPS) is 11.5. The smallest absolute Gasteiger partial charge is 0.326 e. The minimum atomic E-state index is -0.403. The Morgan fingerprint density at radius 1 is 1.07 bits per heavy atom. The Balaban J connectivity index is 2.06. The van der Waals surface area contributed by atoms with Crippen LogP contribution in [-0.4, -0.2) is 37.3 Å². The number of amides is 1. The molecule has 0 N–H and O–H groups in total. The summed E-state index contributed by atoms with van der Waals surface area (Å²) in [5.41, 5.74) is 2.73. The van der Waals surface area contributed by atoms with E-state index in [1.165, 1.54) is 11.3 Å². The minimum Gasteiger partial charge on any atom is -0.493 e. The van der Waals surface area contributed by atoms with Crippen molar-refractivity contribution in [2.24, 2.45) is 4.99 Å². The number of esters is 1. The lowest BCUT2D eigenvalue weighted by Gasteiger charge is -2.09. The van der Waals surface area contributed by atoms with Crippen LogP contribution < -0.4 is 14.3 Å². The number of hydrogen-bond donors (Lipinski definition) is 0. The largest absolute Gasteiger partial charge is 0.493 e. The SMILES string of the molecule is CCOC(=O)Cn1c(=NC(=O)Cc2ccc(C)cc2)sc2cc(OC)c(OC)cc21. The summed E-state index contributed by atoms with van der Waals surface area (Å²) in [6, 6.07) is 11.3. The number of aromatic nitrogens is 1. The number of ether oxygens (including phenoxy) is 3. The molecule has 30 heavy (non-hydrogen) atoms. The molecule has 1 aromatic heterocycles. The lowest BCUT2D eigenvalue weighted by atomic mass is 10.1. The van der Waals surface area contributed by atoms with E-state index < -0.39 is 5.97 Å². The zero-order valence-electron chi connectivity index (χ0n) is 17.4. The lowest BCUT2D eigenvalue weighted by Crippen LogP contribution is -2.23. The van der Waals surface area contributed by atoms with Crippen molar-refractivity contribution in [1.82, 2.24) is 4.57 Å². The average Bonchev–Trinajstić information content (AvgIpc) is 3.04. The van der Waals surface area contributed by atoms with E-state index in [1.807, 2.05) is 37.3 Å². The highest BCUT2D eigenvalue weighted by molar-refractivity contribution is 7.16. The van der Waals surface area contributed by atoms with E-state index in [0.29, 0.717) is 21.8 Å². The molecular formula is C22H24N2O5S. The summed E-state index contributed by atoms with van der Waals surface area (Å²) in [6.07, 6.45) is 0.181. The number of nitrogens with zero attached hydrogens (tertiary/aromatic N) is 2. The van der Waals surface area contributed by atoms with Gasteiger partial charge in [-0.25, -0.2) is 0 Å². The maximum absolute atomic E-state index is 12.6. The number of aryl methyl sites for hydroxylation is 1. The maximum atomic E-state index is 12.6. The van der Waals surface area contributed by atoms with Gasteiger partial charge in [-0.15, -0.1) is 0 Å². The van der Waals surface area contributed by atoms with E-state index in [0.717, 1.165) is 15.8 Å². The standard InChI is InChI=1S/C22H24N2O5S/c1-5-29-21(26)13-24-16-11-17(27-3)18(28-4)12-19(16)30-22(24)23-20(25)10-15-8-6-14(2)7-9-15/h6-9,11-12H,5,10,13H2,1-4H3. The Kier molecular flexibility index (Phi) is 6.89. The Bertz CT molecular complexity index is 1130. The van der Waals surface area contributed by atoms with E-state index in [9.17, 15) is 9.59 Å². The van der Waals surface area contributed by atoms with Gasteiger partial charge in [0, 0.05) is 12.1 Å². The van der Waals surface area contributed by atoms with Crippen LogP contribution in [0.4, 0.5) is 0 Å². The summed E-state index contributed by atoms with van der Waals surface area (Å²) >= 11 is 1.31. The van der Waals surface area contributed by atoms with Gasteiger partial charge in [0.1, 0.15) is 6.54 Å². The number of thiazole rings is 1. The highest BCUT2D eigenvalue weighted by atomic mass is 32.1. The van der Waals surface area contributed by atoms with Gasteiger partial charge in [0.25, 0.3) is 5.91 Å². The lowest BCUT2D eigenvalue weighted by molar-refractivity contribution is -0.143. The highest BCUT2D eigenvalue weighted by Gasteiger charge is 2.16. The van der Waals surface area contributed by atoms with Crippen LogP contribution >= 0.6 is 11.3 Å². The molecule has 1 amide bonds. The molecule has 0 saturated heterocycles. The van der Waals surface area contributed by atoms with Crippen molar-refractivity contribution in [3.8, 4) is 11.5 Å². The van der Waals surface area contributed by atoms with E-state index in [4.69, 9.17) is 14.2 Å². The molecule has 158 valence electrons. The molecule has 0 radical (unpaired) electrons. The number of hydrogen-bond acceptors (Lipinski definition) is 6.